The molecule has 1 aliphatic carbocycles. The van der Waals surface area contributed by atoms with Gasteiger partial charge < -0.3 is 29.4 Å². The third-order valence-corrected chi connectivity index (χ3v) is 7.01. The van der Waals surface area contributed by atoms with E-state index in [0.717, 1.165) is 52.0 Å². The number of nitrogens with one attached hydrogen (secondary N) is 1. The minimum atomic E-state index is -1.01. The van der Waals surface area contributed by atoms with Crippen LogP contribution in [0.2, 0.25) is 0 Å². The molecule has 3 aromatic heterocycles. The highest BCUT2D eigenvalue weighted by molar-refractivity contribution is 5.79. The largest absolute Gasteiger partial charge is 0.487 e. The van der Waals surface area contributed by atoms with Crippen LogP contribution in [-0.2, 0) is 13.0 Å². The van der Waals surface area contributed by atoms with Gasteiger partial charge in [0.15, 0.2) is 0 Å². The van der Waals surface area contributed by atoms with Crippen LogP contribution in [0.15, 0.2) is 53.6 Å². The molecule has 6 rings (SSSR count). The van der Waals surface area contributed by atoms with Crippen LogP contribution in [0.1, 0.15) is 29.2 Å². The topological polar surface area (TPSA) is 106 Å². The third kappa shape index (κ3) is 3.42. The lowest BCUT2D eigenvalue weighted by Crippen LogP contribution is -2.34. The zero-order chi connectivity index (χ0) is 22.5. The minimum absolute atomic E-state index is 0.327. The summed E-state index contributed by atoms with van der Waals surface area (Å²) in [4.78, 5) is 4.52. The summed E-state index contributed by atoms with van der Waals surface area (Å²) in [5.74, 6) is 0.721. The summed E-state index contributed by atoms with van der Waals surface area (Å²) in [7, 11) is 0. The van der Waals surface area contributed by atoms with Crippen LogP contribution < -0.4 is 10.1 Å². The second-order valence-electron chi connectivity index (χ2n) is 8.98. The van der Waals surface area contributed by atoms with E-state index in [9.17, 15) is 10.2 Å². The average Bonchev–Trinajstić information content (AvgIpc) is 3.56. The third-order valence-electron chi connectivity index (χ3n) is 7.01. The number of rotatable bonds is 4. The Hall–Kier alpha value is -3.20. The number of fused-ring (bicyclic) bond motifs is 2. The Bertz CT molecular complexity index is 1300. The molecule has 33 heavy (non-hydrogen) atoms. The Morgan fingerprint density at radius 2 is 2.09 bits per heavy atom. The predicted molar refractivity (Wildman–Crippen MR) is 122 cm³/mol. The van der Waals surface area contributed by atoms with E-state index in [1.807, 2.05) is 35.9 Å². The quantitative estimate of drug-likeness (QED) is 0.443. The molecule has 1 aliphatic heterocycles. The fraction of sp³-hybridized carbons (Fsp3) is 0.360. The first-order chi connectivity index (χ1) is 16.1. The van der Waals surface area contributed by atoms with E-state index in [2.05, 4.69) is 21.5 Å². The lowest BCUT2D eigenvalue weighted by Gasteiger charge is -2.25. The minimum Gasteiger partial charge on any atom is -0.487 e. The van der Waals surface area contributed by atoms with Gasteiger partial charge in [0.25, 0.3) is 0 Å². The highest BCUT2D eigenvalue weighted by atomic mass is 16.5. The molecule has 8 nitrogen and oxygen atoms in total. The molecule has 8 heteroatoms. The van der Waals surface area contributed by atoms with Crippen molar-refractivity contribution in [1.29, 1.82) is 0 Å². The molecule has 3 N–H and O–H groups in total. The highest BCUT2D eigenvalue weighted by Gasteiger charge is 2.44. The number of hydrogen-bond acceptors (Lipinski definition) is 7. The molecule has 4 unspecified atom stereocenters. The van der Waals surface area contributed by atoms with Crippen molar-refractivity contribution in [3.05, 3.63) is 65.8 Å². The second kappa shape index (κ2) is 7.98. The zero-order valence-corrected chi connectivity index (χ0v) is 18.3. The molecule has 0 amide bonds. The van der Waals surface area contributed by atoms with Gasteiger partial charge in [-0.1, -0.05) is 11.2 Å². The van der Waals surface area contributed by atoms with Crippen LogP contribution in [0.25, 0.3) is 22.2 Å². The summed E-state index contributed by atoms with van der Waals surface area (Å²) in [5.41, 5.74) is 6.09. The predicted octanol–water partition coefficient (Wildman–Crippen LogP) is 2.76. The van der Waals surface area contributed by atoms with Gasteiger partial charge in [-0.3, -0.25) is 0 Å². The molecule has 170 valence electrons. The first-order valence-corrected chi connectivity index (χ1v) is 11.3. The molecule has 1 saturated carbocycles. The standard InChI is InChI=1S/C25H26N4O4/c1-14-2-6-27-25-18(14)4-7-29(25)20-10-22(24(31)23(20)30)33-21-9-16(17-11-28-32-13-17)8-15-3-5-26-12-19(15)21/h2,4,6-9,11,13,20,22-24,26,30-31H,3,5,10,12H2,1H3. The van der Waals surface area contributed by atoms with Crippen molar-refractivity contribution in [3.8, 4) is 16.9 Å². The van der Waals surface area contributed by atoms with Crippen molar-refractivity contribution in [3.63, 3.8) is 0 Å². The first kappa shape index (κ1) is 20.4. The number of benzene rings is 1. The summed E-state index contributed by atoms with van der Waals surface area (Å²) in [6.07, 6.45) is 5.86. The Labute approximate surface area is 190 Å². The Morgan fingerprint density at radius 3 is 2.94 bits per heavy atom. The number of pyridine rings is 1. The van der Waals surface area contributed by atoms with Gasteiger partial charge in [-0.05, 0) is 54.8 Å². The van der Waals surface area contributed by atoms with Gasteiger partial charge >= 0.3 is 0 Å². The number of aliphatic hydroxyl groups excluding tert-OH is 2. The van der Waals surface area contributed by atoms with Gasteiger partial charge in [-0.25, -0.2) is 4.98 Å². The summed E-state index contributed by atoms with van der Waals surface area (Å²) >= 11 is 0. The van der Waals surface area contributed by atoms with Crippen LogP contribution in [0.5, 0.6) is 5.75 Å². The van der Waals surface area contributed by atoms with E-state index >= 15 is 0 Å². The number of hydrogen-bond donors (Lipinski definition) is 3. The molecule has 0 bridgehead atoms. The maximum Gasteiger partial charge on any atom is 0.140 e. The Kier molecular flexibility index (Phi) is 4.94. The number of aromatic nitrogens is 3. The van der Waals surface area contributed by atoms with Crippen LogP contribution in [0.4, 0.5) is 0 Å². The molecule has 0 saturated heterocycles. The van der Waals surface area contributed by atoms with E-state index in [4.69, 9.17) is 9.26 Å². The van der Waals surface area contributed by atoms with E-state index in [0.29, 0.717) is 13.0 Å². The zero-order valence-electron chi connectivity index (χ0n) is 18.3. The highest BCUT2D eigenvalue weighted by Crippen LogP contribution is 2.39. The fourth-order valence-corrected chi connectivity index (χ4v) is 5.17. The van der Waals surface area contributed by atoms with Crippen molar-refractivity contribution >= 4 is 11.0 Å². The molecule has 4 aromatic rings. The van der Waals surface area contributed by atoms with Crippen molar-refractivity contribution in [1.82, 2.24) is 20.0 Å². The van der Waals surface area contributed by atoms with Crippen molar-refractivity contribution in [2.45, 2.75) is 50.7 Å². The maximum absolute atomic E-state index is 10.9. The van der Waals surface area contributed by atoms with Gasteiger partial charge in [-0.2, -0.15) is 0 Å². The smallest absolute Gasteiger partial charge is 0.140 e. The molecule has 1 aromatic carbocycles. The maximum atomic E-state index is 10.9. The molecule has 4 heterocycles. The normalized spacial score (nSPS) is 24.8. The van der Waals surface area contributed by atoms with Crippen molar-refractivity contribution in [2.75, 3.05) is 6.54 Å². The molecule has 1 fully saturated rings. The molecule has 0 radical (unpaired) electrons. The lowest BCUT2D eigenvalue weighted by atomic mass is 9.95. The fourth-order valence-electron chi connectivity index (χ4n) is 5.17. The SMILES string of the molecule is Cc1ccnc2c1ccn2C1CC(Oc2cc(-c3cnoc3)cc3c2CNCC3)C(O)C1O. The molecule has 4 atom stereocenters. The van der Waals surface area contributed by atoms with E-state index < -0.39 is 18.3 Å². The average molecular weight is 447 g/mol. The van der Waals surface area contributed by atoms with E-state index in [-0.39, 0.29) is 6.04 Å². The van der Waals surface area contributed by atoms with Crippen LogP contribution in [0.3, 0.4) is 0 Å². The van der Waals surface area contributed by atoms with Crippen LogP contribution in [0, 0.1) is 6.92 Å². The van der Waals surface area contributed by atoms with Crippen molar-refractivity contribution in [2.24, 2.45) is 0 Å². The summed E-state index contributed by atoms with van der Waals surface area (Å²) in [6.45, 7) is 3.65. The number of nitrogens with zero attached hydrogens (tertiary/aromatic N) is 3. The summed E-state index contributed by atoms with van der Waals surface area (Å²) in [6, 6.07) is 7.78. The van der Waals surface area contributed by atoms with Gasteiger partial charge in [0, 0.05) is 41.9 Å². The summed E-state index contributed by atoms with van der Waals surface area (Å²) in [5, 5.41) is 30.1. The van der Waals surface area contributed by atoms with Gasteiger partial charge in [-0.15, -0.1) is 0 Å². The number of aliphatic hydroxyl groups is 2. The van der Waals surface area contributed by atoms with Crippen LogP contribution in [-0.4, -0.2) is 49.8 Å². The summed E-state index contributed by atoms with van der Waals surface area (Å²) < 4.78 is 13.4. The molecule has 2 aliphatic rings. The Morgan fingerprint density at radius 1 is 1.18 bits per heavy atom. The van der Waals surface area contributed by atoms with Gasteiger partial charge in [0.05, 0.1) is 12.2 Å². The van der Waals surface area contributed by atoms with E-state index in [1.54, 1.807) is 18.7 Å². The Balaban J connectivity index is 1.33. The molecular formula is C25H26N4O4. The first-order valence-electron chi connectivity index (χ1n) is 11.3. The molecule has 0 spiro atoms. The van der Waals surface area contributed by atoms with Crippen LogP contribution >= 0.6 is 0 Å². The van der Waals surface area contributed by atoms with E-state index in [1.165, 1.54) is 5.56 Å². The number of aryl methyl sites for hydroxylation is 1. The molecular weight excluding hydrogens is 420 g/mol. The monoisotopic (exact) mass is 446 g/mol. The lowest BCUT2D eigenvalue weighted by molar-refractivity contribution is -0.0166. The van der Waals surface area contributed by atoms with Gasteiger partial charge in [0.1, 0.15) is 36.0 Å². The second-order valence-corrected chi connectivity index (χ2v) is 8.98. The number of ether oxygens (including phenoxy) is 1. The van der Waals surface area contributed by atoms with Gasteiger partial charge in [0.2, 0.25) is 0 Å². The van der Waals surface area contributed by atoms with Crippen molar-refractivity contribution < 1.29 is 19.5 Å².